The summed E-state index contributed by atoms with van der Waals surface area (Å²) in [6.07, 6.45) is -1.08. The van der Waals surface area contributed by atoms with E-state index in [0.717, 1.165) is 16.8 Å². The normalized spacial score (nSPS) is 11.4. The van der Waals surface area contributed by atoms with Crippen LogP contribution in [0.2, 0.25) is 18.1 Å². The molecule has 35 heavy (non-hydrogen) atoms. The van der Waals surface area contributed by atoms with Crippen molar-refractivity contribution in [2.24, 2.45) is 0 Å². The summed E-state index contributed by atoms with van der Waals surface area (Å²) in [6.45, 7) is 11.5. The second kappa shape index (κ2) is 11.6. The van der Waals surface area contributed by atoms with Gasteiger partial charge in [0.05, 0.1) is 6.54 Å². The number of carboxylic acid groups (broad SMARTS) is 1. The Morgan fingerprint density at radius 1 is 1.03 bits per heavy atom. The van der Waals surface area contributed by atoms with Gasteiger partial charge in [-0.2, -0.15) is 0 Å². The Bertz CT molecular complexity index is 1150. The molecule has 1 amide bonds. The lowest BCUT2D eigenvalue weighted by Gasteiger charge is -2.28. The fourth-order valence-electron chi connectivity index (χ4n) is 3.46. The molecule has 2 N–H and O–H groups in total. The van der Waals surface area contributed by atoms with E-state index < -0.39 is 15.1 Å². The number of benzene rings is 3. The van der Waals surface area contributed by atoms with E-state index >= 15 is 0 Å². The molecule has 0 bridgehead atoms. The molecule has 0 unspecified atom stereocenters. The summed E-state index contributed by atoms with van der Waals surface area (Å²) in [5.41, 5.74) is 4.02. The molecule has 0 fully saturated rings. The van der Waals surface area contributed by atoms with Gasteiger partial charge in [-0.1, -0.05) is 68.8 Å². The Hall–Kier alpha value is -3.00. The molecule has 1 radical (unpaired) electrons. The van der Waals surface area contributed by atoms with Gasteiger partial charge in [-0.3, -0.25) is 5.06 Å². The van der Waals surface area contributed by atoms with Crippen molar-refractivity contribution in [1.29, 1.82) is 0 Å². The first-order chi connectivity index (χ1) is 16.5. The van der Waals surface area contributed by atoms with Crippen molar-refractivity contribution < 1.29 is 19.2 Å². The SMILES string of the molecule is C[Si](C)ON(Cc1ccc(C(C)(C)C)cc1)c1ccc(Cl)cc1Oc1cccc(CNC(=O)O)c1. The zero-order valence-electron chi connectivity index (χ0n) is 20.8. The standard InChI is InChI=1S/C27H32ClN2O4Si/c1-27(2,3)21-11-9-19(10-12-21)18-30(34-35(4)5)24-14-13-22(28)16-25(24)33-23-8-6-7-20(15-23)17-29-26(31)32/h6-16,29H,17-18H2,1-5H3,(H,31,32). The van der Waals surface area contributed by atoms with E-state index in [0.29, 0.717) is 23.1 Å². The Morgan fingerprint density at radius 3 is 2.37 bits per heavy atom. The molecule has 0 aromatic heterocycles. The van der Waals surface area contributed by atoms with Gasteiger partial charge in [0.15, 0.2) is 5.75 Å². The number of hydrogen-bond donors (Lipinski definition) is 2. The molecule has 8 heteroatoms. The number of amides is 1. The highest BCUT2D eigenvalue weighted by Gasteiger charge is 2.19. The van der Waals surface area contributed by atoms with Gasteiger partial charge in [-0.15, -0.1) is 0 Å². The number of rotatable bonds is 9. The number of nitrogens with one attached hydrogen (secondary N) is 1. The molecular formula is C27H32ClN2O4Si. The van der Waals surface area contributed by atoms with Crippen molar-refractivity contribution >= 4 is 32.4 Å². The van der Waals surface area contributed by atoms with Crippen LogP contribution in [0.25, 0.3) is 0 Å². The molecule has 0 aliphatic heterocycles. The minimum absolute atomic E-state index is 0.0867. The van der Waals surface area contributed by atoms with Crippen molar-refractivity contribution in [2.45, 2.75) is 52.4 Å². The molecule has 3 aromatic carbocycles. The van der Waals surface area contributed by atoms with Crippen molar-refractivity contribution in [1.82, 2.24) is 5.32 Å². The Morgan fingerprint density at radius 2 is 1.74 bits per heavy atom. The zero-order valence-corrected chi connectivity index (χ0v) is 22.5. The van der Waals surface area contributed by atoms with Crippen molar-refractivity contribution in [3.8, 4) is 11.5 Å². The predicted octanol–water partition coefficient (Wildman–Crippen LogP) is 7.39. The fraction of sp³-hybridized carbons (Fsp3) is 0.296. The molecule has 0 saturated carbocycles. The predicted molar refractivity (Wildman–Crippen MR) is 143 cm³/mol. The molecule has 0 saturated heterocycles. The van der Waals surface area contributed by atoms with Gasteiger partial charge in [-0.25, -0.2) is 4.79 Å². The third-order valence-corrected chi connectivity index (χ3v) is 6.02. The summed E-state index contributed by atoms with van der Waals surface area (Å²) in [5.74, 6) is 1.13. The van der Waals surface area contributed by atoms with Gasteiger partial charge in [-0.05, 0) is 59.5 Å². The van der Waals surface area contributed by atoms with E-state index in [9.17, 15) is 4.79 Å². The minimum Gasteiger partial charge on any atom is -0.465 e. The molecule has 3 aromatic rings. The summed E-state index contributed by atoms with van der Waals surface area (Å²) in [7, 11) is -1.08. The second-order valence-electron chi connectivity index (χ2n) is 9.50. The summed E-state index contributed by atoms with van der Waals surface area (Å²) >= 11 is 6.32. The van der Waals surface area contributed by atoms with Crippen LogP contribution < -0.4 is 15.1 Å². The van der Waals surface area contributed by atoms with Crippen LogP contribution in [-0.4, -0.2) is 20.2 Å². The first kappa shape index (κ1) is 26.6. The van der Waals surface area contributed by atoms with Crippen LogP contribution in [0.4, 0.5) is 10.5 Å². The highest BCUT2D eigenvalue weighted by molar-refractivity contribution is 6.48. The number of hydrogen-bond acceptors (Lipinski definition) is 4. The molecule has 0 atom stereocenters. The minimum atomic E-state index is -1.08. The lowest BCUT2D eigenvalue weighted by molar-refractivity contribution is 0.194. The maximum absolute atomic E-state index is 10.8. The van der Waals surface area contributed by atoms with Crippen LogP contribution in [0.3, 0.4) is 0 Å². The third kappa shape index (κ3) is 8.02. The maximum atomic E-state index is 10.8. The van der Waals surface area contributed by atoms with E-state index in [4.69, 9.17) is 26.0 Å². The lowest BCUT2D eigenvalue weighted by Crippen LogP contribution is -2.29. The van der Waals surface area contributed by atoms with Gasteiger partial charge >= 0.3 is 6.09 Å². The number of ether oxygens (including phenoxy) is 1. The molecule has 6 nitrogen and oxygen atoms in total. The second-order valence-corrected chi connectivity index (χ2v) is 11.9. The van der Waals surface area contributed by atoms with Crippen molar-refractivity contribution in [3.05, 3.63) is 88.4 Å². The van der Waals surface area contributed by atoms with E-state index in [1.165, 1.54) is 5.56 Å². The first-order valence-electron chi connectivity index (χ1n) is 11.4. The van der Waals surface area contributed by atoms with E-state index in [2.05, 4.69) is 63.4 Å². The molecule has 3 rings (SSSR count). The highest BCUT2D eigenvalue weighted by atomic mass is 35.5. The smallest absolute Gasteiger partial charge is 0.404 e. The Labute approximate surface area is 214 Å². The molecule has 0 spiro atoms. The summed E-state index contributed by atoms with van der Waals surface area (Å²) in [4.78, 5) is 10.8. The van der Waals surface area contributed by atoms with Gasteiger partial charge in [0, 0.05) is 17.6 Å². The average molecular weight is 512 g/mol. The first-order valence-corrected chi connectivity index (χ1v) is 14.2. The topological polar surface area (TPSA) is 71.0 Å². The Kier molecular flexibility index (Phi) is 8.83. The summed E-state index contributed by atoms with van der Waals surface area (Å²) < 4.78 is 12.5. The van der Waals surface area contributed by atoms with Crippen LogP contribution in [-0.2, 0) is 23.0 Å². The third-order valence-electron chi connectivity index (χ3n) is 5.20. The number of anilines is 1. The van der Waals surface area contributed by atoms with Crippen LogP contribution in [0.1, 0.15) is 37.5 Å². The van der Waals surface area contributed by atoms with Gasteiger partial charge in [0.1, 0.15) is 11.4 Å². The Balaban J connectivity index is 1.89. The highest BCUT2D eigenvalue weighted by Crippen LogP contribution is 2.36. The monoisotopic (exact) mass is 511 g/mol. The summed E-state index contributed by atoms with van der Waals surface area (Å²) in [6, 6.07) is 21.3. The van der Waals surface area contributed by atoms with E-state index in [-0.39, 0.29) is 12.0 Å². The van der Waals surface area contributed by atoms with Crippen LogP contribution in [0, 0.1) is 0 Å². The quantitative estimate of drug-likeness (QED) is 0.231. The molecule has 185 valence electrons. The van der Waals surface area contributed by atoms with Crippen LogP contribution >= 0.6 is 11.6 Å². The van der Waals surface area contributed by atoms with Crippen molar-refractivity contribution in [3.63, 3.8) is 0 Å². The van der Waals surface area contributed by atoms with Gasteiger partial charge in [0.2, 0.25) is 9.04 Å². The fourth-order valence-corrected chi connectivity index (χ4v) is 4.23. The largest absolute Gasteiger partial charge is 0.465 e. The molecule has 0 heterocycles. The van der Waals surface area contributed by atoms with Gasteiger partial charge in [0.25, 0.3) is 0 Å². The number of carbonyl (C=O) groups is 1. The maximum Gasteiger partial charge on any atom is 0.404 e. The van der Waals surface area contributed by atoms with Crippen LogP contribution in [0.5, 0.6) is 11.5 Å². The molecule has 0 aliphatic rings. The number of hydroxylamine groups is 1. The number of nitrogens with zero attached hydrogens (tertiary/aromatic N) is 1. The molecule has 0 aliphatic carbocycles. The van der Waals surface area contributed by atoms with Crippen molar-refractivity contribution in [2.75, 3.05) is 5.06 Å². The van der Waals surface area contributed by atoms with E-state index in [1.54, 1.807) is 12.1 Å². The van der Waals surface area contributed by atoms with Crippen LogP contribution in [0.15, 0.2) is 66.7 Å². The summed E-state index contributed by atoms with van der Waals surface area (Å²) in [5, 5.41) is 13.7. The average Bonchev–Trinajstić information content (AvgIpc) is 2.77. The van der Waals surface area contributed by atoms with E-state index in [1.807, 2.05) is 35.4 Å². The number of halogens is 1. The zero-order chi connectivity index (χ0) is 25.6. The lowest BCUT2D eigenvalue weighted by atomic mass is 9.87. The van der Waals surface area contributed by atoms with Gasteiger partial charge < -0.3 is 19.7 Å². The molecular weight excluding hydrogens is 480 g/mol.